The minimum atomic E-state index is -4.35. The maximum absolute atomic E-state index is 12.9. The van der Waals surface area contributed by atoms with Gasteiger partial charge in [-0.3, -0.25) is 0 Å². The first-order valence-corrected chi connectivity index (χ1v) is 6.13. The minimum absolute atomic E-state index is 0.230. The molecule has 0 saturated heterocycles. The van der Waals surface area contributed by atoms with Gasteiger partial charge in [0.2, 0.25) is 6.39 Å². The van der Waals surface area contributed by atoms with E-state index in [1.54, 1.807) is 13.0 Å². The van der Waals surface area contributed by atoms with Crippen LogP contribution in [0.1, 0.15) is 29.9 Å². The van der Waals surface area contributed by atoms with Crippen molar-refractivity contribution >= 4 is 0 Å². The van der Waals surface area contributed by atoms with Gasteiger partial charge in [0.1, 0.15) is 0 Å². The quantitative estimate of drug-likeness (QED) is 0.917. The third-order valence-electron chi connectivity index (χ3n) is 2.94. The number of aromatic nitrogens is 2. The van der Waals surface area contributed by atoms with Crippen LogP contribution in [0, 0.1) is 0 Å². The lowest BCUT2D eigenvalue weighted by molar-refractivity contribution is -0.138. The summed E-state index contributed by atoms with van der Waals surface area (Å²) < 4.78 is 43.3. The zero-order valence-corrected chi connectivity index (χ0v) is 10.8. The molecule has 4 nitrogen and oxygen atoms in total. The molecule has 1 unspecified atom stereocenters. The lowest BCUT2D eigenvalue weighted by Crippen LogP contribution is -2.24. The predicted molar refractivity (Wildman–Crippen MR) is 65.9 cm³/mol. The molecule has 1 heterocycles. The number of hydrogen-bond acceptors (Lipinski definition) is 4. The largest absolute Gasteiger partial charge is 0.416 e. The summed E-state index contributed by atoms with van der Waals surface area (Å²) in [5, 5.41) is 6.66. The molecule has 0 aliphatic carbocycles. The molecule has 2 aromatic rings. The molecule has 0 amide bonds. The second kappa shape index (κ2) is 6.04. The van der Waals surface area contributed by atoms with Gasteiger partial charge in [0.05, 0.1) is 5.56 Å². The molecule has 2 rings (SSSR count). The summed E-state index contributed by atoms with van der Waals surface area (Å²) in [5.74, 6) is 0.522. The van der Waals surface area contributed by atoms with E-state index >= 15 is 0 Å². The molecule has 20 heavy (non-hydrogen) atoms. The molecule has 1 atom stereocenters. The monoisotopic (exact) mass is 285 g/mol. The van der Waals surface area contributed by atoms with E-state index in [-0.39, 0.29) is 5.56 Å². The van der Waals surface area contributed by atoms with E-state index in [4.69, 9.17) is 0 Å². The standard InChI is InChI=1S/C13H14F3N3O/c1-9(17-7-6-12-18-8-20-19-12)10-4-2-3-5-11(10)13(14,15)16/h2-5,8-9,17H,6-7H2,1H3. The molecular formula is C13H14F3N3O. The van der Waals surface area contributed by atoms with E-state index in [1.807, 2.05) is 0 Å². The van der Waals surface area contributed by atoms with Gasteiger partial charge in [0.15, 0.2) is 5.82 Å². The van der Waals surface area contributed by atoms with Gasteiger partial charge in [-0.2, -0.15) is 18.2 Å². The summed E-state index contributed by atoms with van der Waals surface area (Å²) in [5.41, 5.74) is -0.382. The molecular weight excluding hydrogens is 271 g/mol. The average Bonchev–Trinajstić information content (AvgIpc) is 2.91. The number of benzene rings is 1. The number of alkyl halides is 3. The molecule has 0 saturated carbocycles. The highest BCUT2D eigenvalue weighted by Crippen LogP contribution is 2.34. The molecule has 1 N–H and O–H groups in total. The Bertz CT molecular complexity index is 540. The second-order valence-electron chi connectivity index (χ2n) is 4.36. The van der Waals surface area contributed by atoms with Crippen molar-refractivity contribution in [2.24, 2.45) is 0 Å². The van der Waals surface area contributed by atoms with Crippen LogP contribution in [-0.2, 0) is 12.6 Å². The van der Waals surface area contributed by atoms with Gasteiger partial charge in [-0.05, 0) is 18.6 Å². The van der Waals surface area contributed by atoms with Crippen LogP contribution >= 0.6 is 0 Å². The first-order valence-electron chi connectivity index (χ1n) is 6.13. The zero-order valence-electron chi connectivity index (χ0n) is 10.8. The second-order valence-corrected chi connectivity index (χ2v) is 4.36. The van der Waals surface area contributed by atoms with Crippen molar-refractivity contribution < 1.29 is 17.7 Å². The smallest absolute Gasteiger partial charge is 0.343 e. The van der Waals surface area contributed by atoms with Gasteiger partial charge >= 0.3 is 6.18 Å². The first-order chi connectivity index (χ1) is 9.48. The third kappa shape index (κ3) is 3.57. The van der Waals surface area contributed by atoms with E-state index in [0.717, 1.165) is 6.07 Å². The van der Waals surface area contributed by atoms with Crippen LogP contribution in [0.3, 0.4) is 0 Å². The van der Waals surface area contributed by atoms with Crippen LogP contribution in [0.25, 0.3) is 0 Å². The number of nitrogens with one attached hydrogen (secondary N) is 1. The summed E-state index contributed by atoms with van der Waals surface area (Å²) in [7, 11) is 0. The van der Waals surface area contributed by atoms with Gasteiger partial charge in [-0.15, -0.1) is 0 Å². The Morgan fingerprint density at radius 3 is 2.70 bits per heavy atom. The summed E-state index contributed by atoms with van der Waals surface area (Å²) >= 11 is 0. The molecule has 1 aromatic carbocycles. The molecule has 0 fully saturated rings. The lowest BCUT2D eigenvalue weighted by atomic mass is 10.0. The van der Waals surface area contributed by atoms with E-state index in [1.165, 1.54) is 18.5 Å². The molecule has 108 valence electrons. The fraction of sp³-hybridized carbons (Fsp3) is 0.385. The average molecular weight is 285 g/mol. The normalized spacial score (nSPS) is 13.4. The van der Waals surface area contributed by atoms with Crippen LogP contribution in [0.4, 0.5) is 13.2 Å². The maximum atomic E-state index is 12.9. The zero-order chi connectivity index (χ0) is 14.6. The summed E-state index contributed by atoms with van der Waals surface area (Å²) in [6, 6.07) is 5.14. The van der Waals surface area contributed by atoms with Crippen molar-refractivity contribution in [1.82, 2.24) is 15.5 Å². The maximum Gasteiger partial charge on any atom is 0.416 e. The number of halogens is 3. The molecule has 0 aliphatic rings. The van der Waals surface area contributed by atoms with Crippen LogP contribution < -0.4 is 5.32 Å². The number of hydrogen-bond donors (Lipinski definition) is 1. The SMILES string of the molecule is CC(NCCc1ncon1)c1ccccc1C(F)(F)F. The first kappa shape index (κ1) is 14.5. The van der Waals surface area contributed by atoms with Crippen molar-refractivity contribution in [3.05, 3.63) is 47.6 Å². The van der Waals surface area contributed by atoms with Crippen LogP contribution in [0.15, 0.2) is 35.2 Å². The van der Waals surface area contributed by atoms with Crippen molar-refractivity contribution in [2.45, 2.75) is 25.6 Å². The summed E-state index contributed by atoms with van der Waals surface area (Å²) in [6.07, 6.45) is -2.63. The van der Waals surface area contributed by atoms with E-state index in [2.05, 4.69) is 20.0 Å². The molecule has 0 aliphatic heterocycles. The minimum Gasteiger partial charge on any atom is -0.343 e. The third-order valence-corrected chi connectivity index (χ3v) is 2.94. The number of nitrogens with zero attached hydrogens (tertiary/aromatic N) is 2. The van der Waals surface area contributed by atoms with Gasteiger partial charge in [0, 0.05) is 19.0 Å². The van der Waals surface area contributed by atoms with Gasteiger partial charge in [0.25, 0.3) is 0 Å². The van der Waals surface area contributed by atoms with E-state index in [9.17, 15) is 13.2 Å². The fourth-order valence-electron chi connectivity index (χ4n) is 1.95. The van der Waals surface area contributed by atoms with Gasteiger partial charge < -0.3 is 9.84 Å². The van der Waals surface area contributed by atoms with Crippen LogP contribution in [0.5, 0.6) is 0 Å². The highest BCUT2D eigenvalue weighted by molar-refractivity contribution is 5.32. The molecule has 0 bridgehead atoms. The Balaban J connectivity index is 2.00. The fourth-order valence-corrected chi connectivity index (χ4v) is 1.95. The van der Waals surface area contributed by atoms with Crippen LogP contribution in [0.2, 0.25) is 0 Å². The van der Waals surface area contributed by atoms with Crippen molar-refractivity contribution in [3.63, 3.8) is 0 Å². The Labute approximate surface area is 114 Å². The van der Waals surface area contributed by atoms with E-state index < -0.39 is 17.8 Å². The molecule has 1 aromatic heterocycles. The highest BCUT2D eigenvalue weighted by Gasteiger charge is 2.33. The summed E-state index contributed by atoms with van der Waals surface area (Å²) in [6.45, 7) is 2.16. The Kier molecular flexibility index (Phi) is 4.39. The predicted octanol–water partition coefficient (Wildman–Crippen LogP) is 2.98. The van der Waals surface area contributed by atoms with Gasteiger partial charge in [-0.1, -0.05) is 23.4 Å². The van der Waals surface area contributed by atoms with E-state index in [0.29, 0.717) is 18.8 Å². The Morgan fingerprint density at radius 2 is 2.05 bits per heavy atom. The lowest BCUT2D eigenvalue weighted by Gasteiger charge is -2.19. The van der Waals surface area contributed by atoms with Gasteiger partial charge in [-0.25, -0.2) is 0 Å². The Morgan fingerprint density at radius 1 is 1.30 bits per heavy atom. The summed E-state index contributed by atoms with van der Waals surface area (Å²) in [4.78, 5) is 3.84. The molecule has 0 spiro atoms. The number of rotatable bonds is 5. The Hall–Kier alpha value is -1.89. The van der Waals surface area contributed by atoms with Crippen molar-refractivity contribution in [2.75, 3.05) is 6.54 Å². The van der Waals surface area contributed by atoms with Crippen molar-refractivity contribution in [3.8, 4) is 0 Å². The molecule has 7 heteroatoms. The highest BCUT2D eigenvalue weighted by atomic mass is 19.4. The van der Waals surface area contributed by atoms with Crippen LogP contribution in [-0.4, -0.2) is 16.7 Å². The molecule has 0 radical (unpaired) electrons. The topological polar surface area (TPSA) is 51.0 Å². The van der Waals surface area contributed by atoms with Crippen molar-refractivity contribution in [1.29, 1.82) is 0 Å².